The zero-order valence-electron chi connectivity index (χ0n) is 16.1. The Morgan fingerprint density at radius 2 is 2.11 bits per heavy atom. The highest BCUT2D eigenvalue weighted by Gasteiger charge is 2.19. The zero-order valence-corrected chi connectivity index (χ0v) is 16.1. The largest absolute Gasteiger partial charge is 0.478 e. The Morgan fingerprint density at radius 1 is 1.33 bits per heavy atom. The van der Waals surface area contributed by atoms with E-state index in [4.69, 9.17) is 4.74 Å². The van der Waals surface area contributed by atoms with Crippen molar-refractivity contribution in [3.63, 3.8) is 0 Å². The SMILES string of the molecule is Cc1nc2ncccc2cc1CCn1cc(C(=O)O)c(COC(C)(C)C)n1. The van der Waals surface area contributed by atoms with Gasteiger partial charge in [0.25, 0.3) is 0 Å². The van der Waals surface area contributed by atoms with Gasteiger partial charge in [0.1, 0.15) is 11.3 Å². The molecule has 7 heteroatoms. The van der Waals surface area contributed by atoms with Gasteiger partial charge in [-0.3, -0.25) is 4.68 Å². The number of aromatic nitrogens is 4. The number of rotatable bonds is 6. The lowest BCUT2D eigenvalue weighted by atomic mass is 10.1. The lowest BCUT2D eigenvalue weighted by Crippen LogP contribution is -2.19. The van der Waals surface area contributed by atoms with Gasteiger partial charge in [-0.25, -0.2) is 14.8 Å². The van der Waals surface area contributed by atoms with Crippen LogP contribution >= 0.6 is 0 Å². The van der Waals surface area contributed by atoms with Gasteiger partial charge >= 0.3 is 5.97 Å². The number of fused-ring (bicyclic) bond motifs is 1. The number of aryl methyl sites for hydroxylation is 3. The molecular formula is C20H24N4O3. The minimum absolute atomic E-state index is 0.167. The van der Waals surface area contributed by atoms with Crippen LogP contribution in [-0.2, 0) is 24.3 Å². The van der Waals surface area contributed by atoms with E-state index in [0.29, 0.717) is 18.7 Å². The van der Waals surface area contributed by atoms with Crippen molar-refractivity contribution in [2.45, 2.75) is 52.9 Å². The van der Waals surface area contributed by atoms with Gasteiger partial charge in [0.15, 0.2) is 5.65 Å². The Balaban J connectivity index is 1.78. The molecule has 0 aromatic carbocycles. The third-order valence-corrected chi connectivity index (χ3v) is 4.21. The highest BCUT2D eigenvalue weighted by atomic mass is 16.5. The summed E-state index contributed by atoms with van der Waals surface area (Å²) in [5.41, 5.74) is 3.00. The first kappa shape index (κ1) is 19.0. The summed E-state index contributed by atoms with van der Waals surface area (Å²) < 4.78 is 7.36. The van der Waals surface area contributed by atoms with Crippen LogP contribution in [0.5, 0.6) is 0 Å². The van der Waals surface area contributed by atoms with E-state index in [2.05, 4.69) is 21.1 Å². The average Bonchev–Trinajstić information content (AvgIpc) is 3.01. The number of nitrogens with zero attached hydrogens (tertiary/aromatic N) is 4. The molecule has 0 saturated carbocycles. The molecule has 3 heterocycles. The van der Waals surface area contributed by atoms with E-state index in [0.717, 1.165) is 22.3 Å². The fourth-order valence-corrected chi connectivity index (χ4v) is 2.77. The van der Waals surface area contributed by atoms with Crippen LogP contribution in [0.4, 0.5) is 0 Å². The minimum atomic E-state index is -0.997. The van der Waals surface area contributed by atoms with E-state index >= 15 is 0 Å². The molecule has 0 spiro atoms. The van der Waals surface area contributed by atoms with Gasteiger partial charge in [-0.15, -0.1) is 0 Å². The normalized spacial score (nSPS) is 11.9. The molecule has 0 aliphatic heterocycles. The van der Waals surface area contributed by atoms with Gasteiger partial charge in [-0.2, -0.15) is 5.10 Å². The fraction of sp³-hybridized carbons (Fsp3) is 0.400. The molecule has 7 nitrogen and oxygen atoms in total. The first-order valence-corrected chi connectivity index (χ1v) is 8.88. The zero-order chi connectivity index (χ0) is 19.6. The summed E-state index contributed by atoms with van der Waals surface area (Å²) in [5.74, 6) is -0.997. The maximum atomic E-state index is 11.5. The Morgan fingerprint density at radius 3 is 2.81 bits per heavy atom. The van der Waals surface area contributed by atoms with Crippen LogP contribution < -0.4 is 0 Å². The van der Waals surface area contributed by atoms with E-state index in [1.165, 1.54) is 0 Å². The number of carbonyl (C=O) groups is 1. The second-order valence-electron chi connectivity index (χ2n) is 7.49. The monoisotopic (exact) mass is 368 g/mol. The summed E-state index contributed by atoms with van der Waals surface area (Å²) in [6, 6.07) is 5.95. The van der Waals surface area contributed by atoms with Gasteiger partial charge in [-0.05, 0) is 57.9 Å². The molecule has 0 amide bonds. The van der Waals surface area contributed by atoms with Crippen LogP contribution in [0.2, 0.25) is 0 Å². The van der Waals surface area contributed by atoms with Crippen LogP contribution in [0, 0.1) is 6.92 Å². The van der Waals surface area contributed by atoms with E-state index in [-0.39, 0.29) is 17.8 Å². The third kappa shape index (κ3) is 4.68. The van der Waals surface area contributed by atoms with Crippen LogP contribution in [0.1, 0.15) is 48.1 Å². The van der Waals surface area contributed by atoms with E-state index < -0.39 is 5.97 Å². The number of hydrogen-bond acceptors (Lipinski definition) is 5. The van der Waals surface area contributed by atoms with Crippen molar-refractivity contribution in [1.82, 2.24) is 19.7 Å². The number of ether oxygens (including phenoxy) is 1. The molecular weight excluding hydrogens is 344 g/mol. The summed E-state index contributed by atoms with van der Waals surface area (Å²) in [7, 11) is 0. The van der Waals surface area contributed by atoms with Crippen molar-refractivity contribution in [3.8, 4) is 0 Å². The summed E-state index contributed by atoms with van der Waals surface area (Å²) in [4.78, 5) is 20.3. The maximum absolute atomic E-state index is 11.5. The van der Waals surface area contributed by atoms with Crippen LogP contribution in [0.3, 0.4) is 0 Å². The maximum Gasteiger partial charge on any atom is 0.339 e. The second kappa shape index (κ2) is 7.44. The molecule has 27 heavy (non-hydrogen) atoms. The van der Waals surface area contributed by atoms with E-state index in [9.17, 15) is 9.90 Å². The molecule has 3 aromatic rings. The summed E-state index contributed by atoms with van der Waals surface area (Å²) in [6.45, 7) is 8.46. The van der Waals surface area contributed by atoms with Crippen molar-refractivity contribution < 1.29 is 14.6 Å². The number of carboxylic acid groups (broad SMARTS) is 1. The minimum Gasteiger partial charge on any atom is -0.478 e. The van der Waals surface area contributed by atoms with Crippen LogP contribution in [0.15, 0.2) is 30.6 Å². The fourth-order valence-electron chi connectivity index (χ4n) is 2.77. The quantitative estimate of drug-likeness (QED) is 0.717. The highest BCUT2D eigenvalue weighted by molar-refractivity contribution is 5.88. The van der Waals surface area contributed by atoms with Gasteiger partial charge in [-0.1, -0.05) is 0 Å². The number of carboxylic acids is 1. The summed E-state index contributed by atoms with van der Waals surface area (Å²) in [6.07, 6.45) is 3.99. The van der Waals surface area contributed by atoms with Crippen molar-refractivity contribution in [3.05, 3.63) is 53.1 Å². The third-order valence-electron chi connectivity index (χ3n) is 4.21. The predicted molar refractivity (Wildman–Crippen MR) is 102 cm³/mol. The Bertz CT molecular complexity index is 973. The number of aromatic carboxylic acids is 1. The highest BCUT2D eigenvalue weighted by Crippen LogP contribution is 2.17. The first-order chi connectivity index (χ1) is 12.7. The molecule has 142 valence electrons. The van der Waals surface area contributed by atoms with Gasteiger partial charge in [0.2, 0.25) is 0 Å². The summed E-state index contributed by atoms with van der Waals surface area (Å²) >= 11 is 0. The van der Waals surface area contributed by atoms with Crippen molar-refractivity contribution in [1.29, 1.82) is 0 Å². The molecule has 0 fully saturated rings. The van der Waals surface area contributed by atoms with Gasteiger partial charge in [0, 0.05) is 30.0 Å². The smallest absolute Gasteiger partial charge is 0.339 e. The first-order valence-electron chi connectivity index (χ1n) is 8.88. The Kier molecular flexibility index (Phi) is 5.23. The van der Waals surface area contributed by atoms with E-state index in [1.807, 2.05) is 39.8 Å². The lowest BCUT2D eigenvalue weighted by Gasteiger charge is -2.18. The molecule has 3 rings (SSSR count). The van der Waals surface area contributed by atoms with Gasteiger partial charge in [0.05, 0.1) is 12.2 Å². The van der Waals surface area contributed by atoms with E-state index in [1.54, 1.807) is 17.1 Å². The lowest BCUT2D eigenvalue weighted by molar-refractivity contribution is -0.0171. The molecule has 0 aliphatic carbocycles. The molecule has 0 bridgehead atoms. The topological polar surface area (TPSA) is 90.1 Å². The Hall–Kier alpha value is -2.80. The second-order valence-corrected chi connectivity index (χ2v) is 7.49. The molecule has 0 unspecified atom stereocenters. The molecule has 0 aliphatic rings. The molecule has 3 aromatic heterocycles. The number of hydrogen-bond donors (Lipinski definition) is 1. The standard InChI is InChI=1S/C20H24N4O3/c1-13-14(10-15-6-5-8-21-18(15)22-13)7-9-24-11-16(19(25)26)17(23-24)12-27-20(2,3)4/h5-6,8,10-11H,7,9,12H2,1-4H3,(H,25,26). The number of pyridine rings is 2. The predicted octanol–water partition coefficient (Wildman–Crippen LogP) is 3.39. The van der Waals surface area contributed by atoms with Gasteiger partial charge < -0.3 is 9.84 Å². The Labute approximate surface area is 158 Å². The van der Waals surface area contributed by atoms with Crippen molar-refractivity contribution in [2.75, 3.05) is 0 Å². The molecule has 0 saturated heterocycles. The molecule has 1 N–H and O–H groups in total. The molecule has 0 radical (unpaired) electrons. The van der Waals surface area contributed by atoms with Crippen molar-refractivity contribution >= 4 is 17.0 Å². The molecule has 0 atom stereocenters. The van der Waals surface area contributed by atoms with Crippen molar-refractivity contribution in [2.24, 2.45) is 0 Å². The average molecular weight is 368 g/mol. The van der Waals surface area contributed by atoms with Crippen LogP contribution in [0.25, 0.3) is 11.0 Å². The summed E-state index contributed by atoms with van der Waals surface area (Å²) in [5, 5.41) is 14.8. The van der Waals surface area contributed by atoms with Crippen LogP contribution in [-0.4, -0.2) is 36.4 Å².